The lowest BCUT2D eigenvalue weighted by atomic mass is 10.2. The highest BCUT2D eigenvalue weighted by Crippen LogP contribution is 2.22. The van der Waals surface area contributed by atoms with Crippen molar-refractivity contribution in [2.24, 2.45) is 0 Å². The molecule has 2 N–H and O–H groups in total. The Labute approximate surface area is 124 Å². The van der Waals surface area contributed by atoms with Crippen molar-refractivity contribution >= 4 is 11.8 Å². The molecule has 0 unspecified atom stereocenters. The summed E-state index contributed by atoms with van der Waals surface area (Å²) in [6.07, 6.45) is 1.89. The first-order valence-corrected chi connectivity index (χ1v) is 7.68. The standard InChI is InChI=1S/C15H21N3OS/c1-12-4-3-5-14(8-12)20-11-15-17-10-13(18-15)9-16-6-7-19-2/h3-5,8,10,16H,6-7,9,11H2,1-2H3,(H,17,18). The summed E-state index contributed by atoms with van der Waals surface area (Å²) in [7, 11) is 1.71. The summed E-state index contributed by atoms with van der Waals surface area (Å²) in [6, 6.07) is 8.53. The molecule has 0 spiro atoms. The molecule has 4 nitrogen and oxygen atoms in total. The average molecular weight is 291 g/mol. The number of aromatic amines is 1. The summed E-state index contributed by atoms with van der Waals surface area (Å²) in [5, 5.41) is 3.29. The van der Waals surface area contributed by atoms with Crippen LogP contribution in [0.15, 0.2) is 35.4 Å². The van der Waals surface area contributed by atoms with Crippen LogP contribution in [0, 0.1) is 6.92 Å². The van der Waals surface area contributed by atoms with Gasteiger partial charge in [-0.2, -0.15) is 0 Å². The van der Waals surface area contributed by atoms with Gasteiger partial charge in [-0.3, -0.25) is 0 Å². The Morgan fingerprint density at radius 3 is 3.10 bits per heavy atom. The van der Waals surface area contributed by atoms with Crippen molar-refractivity contribution in [3.8, 4) is 0 Å². The zero-order valence-corrected chi connectivity index (χ0v) is 12.8. The van der Waals surface area contributed by atoms with Gasteiger partial charge in [-0.25, -0.2) is 4.98 Å². The Hall–Kier alpha value is -1.30. The van der Waals surface area contributed by atoms with Crippen molar-refractivity contribution in [2.45, 2.75) is 24.1 Å². The van der Waals surface area contributed by atoms with Crippen molar-refractivity contribution in [1.82, 2.24) is 15.3 Å². The van der Waals surface area contributed by atoms with Crippen LogP contribution in [0.3, 0.4) is 0 Å². The Balaban J connectivity index is 1.78. The molecule has 2 rings (SSSR count). The van der Waals surface area contributed by atoms with Crippen molar-refractivity contribution < 1.29 is 4.74 Å². The van der Waals surface area contributed by atoms with Gasteiger partial charge in [-0.05, 0) is 19.1 Å². The summed E-state index contributed by atoms with van der Waals surface area (Å²) in [5.41, 5.74) is 2.40. The minimum atomic E-state index is 0.726. The zero-order chi connectivity index (χ0) is 14.2. The molecule has 1 aromatic carbocycles. The zero-order valence-electron chi connectivity index (χ0n) is 12.0. The number of ether oxygens (including phenoxy) is 1. The second kappa shape index (κ2) is 8.09. The van der Waals surface area contributed by atoms with Gasteiger partial charge in [0, 0.05) is 37.0 Å². The van der Waals surface area contributed by atoms with Crippen molar-refractivity contribution in [3.63, 3.8) is 0 Å². The van der Waals surface area contributed by atoms with Crippen LogP contribution in [0.5, 0.6) is 0 Å². The van der Waals surface area contributed by atoms with E-state index in [4.69, 9.17) is 4.74 Å². The molecule has 1 heterocycles. The molecule has 0 atom stereocenters. The number of nitrogens with one attached hydrogen (secondary N) is 2. The van der Waals surface area contributed by atoms with Crippen molar-refractivity contribution in [2.75, 3.05) is 20.3 Å². The SMILES string of the molecule is COCCNCc1cnc(CSc2cccc(C)c2)[nH]1. The minimum absolute atomic E-state index is 0.726. The second-order valence-corrected chi connectivity index (χ2v) is 5.68. The van der Waals surface area contributed by atoms with Crippen LogP contribution in [0.2, 0.25) is 0 Å². The number of aryl methyl sites for hydroxylation is 1. The quantitative estimate of drug-likeness (QED) is 0.580. The molecule has 5 heteroatoms. The van der Waals surface area contributed by atoms with Gasteiger partial charge in [0.15, 0.2) is 0 Å². The lowest BCUT2D eigenvalue weighted by Crippen LogP contribution is -2.18. The smallest absolute Gasteiger partial charge is 0.116 e. The predicted octanol–water partition coefficient (Wildman–Crippen LogP) is 2.75. The Morgan fingerprint density at radius 2 is 2.30 bits per heavy atom. The maximum absolute atomic E-state index is 4.99. The topological polar surface area (TPSA) is 49.9 Å². The van der Waals surface area contributed by atoms with E-state index in [1.54, 1.807) is 18.9 Å². The summed E-state index contributed by atoms with van der Waals surface area (Å²) >= 11 is 1.80. The molecule has 0 amide bonds. The number of rotatable bonds is 8. The fraction of sp³-hybridized carbons (Fsp3) is 0.400. The first-order chi connectivity index (χ1) is 9.78. The number of hydrogen-bond donors (Lipinski definition) is 2. The number of methoxy groups -OCH3 is 1. The molecule has 0 radical (unpaired) electrons. The highest BCUT2D eigenvalue weighted by molar-refractivity contribution is 7.98. The van der Waals surface area contributed by atoms with Gasteiger partial charge in [0.25, 0.3) is 0 Å². The molecule has 0 aliphatic rings. The highest BCUT2D eigenvalue weighted by atomic mass is 32.2. The summed E-state index contributed by atoms with van der Waals surface area (Å²) in [5.74, 6) is 1.88. The van der Waals surface area contributed by atoms with Gasteiger partial charge in [0.05, 0.1) is 12.4 Å². The first-order valence-electron chi connectivity index (χ1n) is 6.70. The summed E-state index contributed by atoms with van der Waals surface area (Å²) in [6.45, 7) is 4.49. The monoisotopic (exact) mass is 291 g/mol. The Bertz CT molecular complexity index is 527. The summed E-state index contributed by atoms with van der Waals surface area (Å²) in [4.78, 5) is 9.02. The molecular weight excluding hydrogens is 270 g/mol. The van der Waals surface area contributed by atoms with Gasteiger partial charge in [-0.15, -0.1) is 11.8 Å². The largest absolute Gasteiger partial charge is 0.383 e. The van der Waals surface area contributed by atoms with E-state index in [0.717, 1.165) is 37.0 Å². The van der Waals surface area contributed by atoms with E-state index in [1.807, 2.05) is 6.20 Å². The van der Waals surface area contributed by atoms with Gasteiger partial charge < -0.3 is 15.0 Å². The van der Waals surface area contributed by atoms with E-state index in [9.17, 15) is 0 Å². The molecule has 0 fully saturated rings. The number of hydrogen-bond acceptors (Lipinski definition) is 4. The van der Waals surface area contributed by atoms with E-state index in [1.165, 1.54) is 10.5 Å². The van der Waals surface area contributed by atoms with Gasteiger partial charge in [0.1, 0.15) is 5.82 Å². The number of benzene rings is 1. The Kier molecular flexibility index (Phi) is 6.11. The van der Waals surface area contributed by atoms with Gasteiger partial charge in [0.2, 0.25) is 0 Å². The number of thioether (sulfide) groups is 1. The molecular formula is C15H21N3OS. The lowest BCUT2D eigenvalue weighted by Gasteiger charge is -2.02. The third-order valence-corrected chi connectivity index (χ3v) is 3.85. The highest BCUT2D eigenvalue weighted by Gasteiger charge is 2.02. The molecule has 20 heavy (non-hydrogen) atoms. The fourth-order valence-electron chi connectivity index (χ4n) is 1.82. The van der Waals surface area contributed by atoms with E-state index >= 15 is 0 Å². The molecule has 0 bridgehead atoms. The molecule has 108 valence electrons. The number of nitrogens with zero attached hydrogens (tertiary/aromatic N) is 1. The van der Waals surface area contributed by atoms with Crippen LogP contribution >= 0.6 is 11.8 Å². The maximum Gasteiger partial charge on any atom is 0.116 e. The van der Waals surface area contributed by atoms with Crippen LogP contribution < -0.4 is 5.32 Å². The van der Waals surface area contributed by atoms with Crippen molar-refractivity contribution in [3.05, 3.63) is 47.5 Å². The number of imidazole rings is 1. The van der Waals surface area contributed by atoms with Crippen LogP contribution in [0.4, 0.5) is 0 Å². The average Bonchev–Trinajstić information content (AvgIpc) is 2.89. The maximum atomic E-state index is 4.99. The molecule has 0 aliphatic carbocycles. The molecule has 1 aromatic heterocycles. The second-order valence-electron chi connectivity index (χ2n) is 4.63. The van der Waals surface area contributed by atoms with E-state index in [2.05, 4.69) is 46.5 Å². The van der Waals surface area contributed by atoms with Crippen molar-refractivity contribution in [1.29, 1.82) is 0 Å². The van der Waals surface area contributed by atoms with E-state index in [-0.39, 0.29) is 0 Å². The normalized spacial score (nSPS) is 10.9. The van der Waals surface area contributed by atoms with Crippen LogP contribution in [-0.4, -0.2) is 30.2 Å². The van der Waals surface area contributed by atoms with E-state index < -0.39 is 0 Å². The minimum Gasteiger partial charge on any atom is -0.383 e. The lowest BCUT2D eigenvalue weighted by molar-refractivity contribution is 0.199. The molecule has 2 aromatic rings. The van der Waals surface area contributed by atoms with Gasteiger partial charge >= 0.3 is 0 Å². The summed E-state index contributed by atoms with van der Waals surface area (Å²) < 4.78 is 4.99. The fourth-order valence-corrected chi connectivity index (χ4v) is 2.72. The number of H-pyrrole nitrogens is 1. The molecule has 0 aliphatic heterocycles. The predicted molar refractivity (Wildman–Crippen MR) is 82.9 cm³/mol. The van der Waals surface area contributed by atoms with E-state index in [0.29, 0.717) is 0 Å². The van der Waals surface area contributed by atoms with Gasteiger partial charge in [-0.1, -0.05) is 17.7 Å². The third kappa shape index (κ3) is 5.00. The molecule has 0 saturated carbocycles. The first kappa shape index (κ1) is 15.1. The Morgan fingerprint density at radius 1 is 1.40 bits per heavy atom. The van der Waals surface area contributed by atoms with Crippen LogP contribution in [0.1, 0.15) is 17.1 Å². The van der Waals surface area contributed by atoms with Crippen LogP contribution in [0.25, 0.3) is 0 Å². The molecule has 0 saturated heterocycles. The van der Waals surface area contributed by atoms with Crippen LogP contribution in [-0.2, 0) is 17.0 Å². The third-order valence-electron chi connectivity index (χ3n) is 2.84. The number of aromatic nitrogens is 2.